The highest BCUT2D eigenvalue weighted by Gasteiger charge is 2.12. The summed E-state index contributed by atoms with van der Waals surface area (Å²) >= 11 is 6.16. The molecule has 5 rings (SSSR count). The molecule has 2 heteroatoms. The molecule has 4 aromatic carbocycles. The van der Waals surface area contributed by atoms with Crippen molar-refractivity contribution in [3.05, 3.63) is 71.8 Å². The molecule has 104 valence electrons. The summed E-state index contributed by atoms with van der Waals surface area (Å²) in [7, 11) is 0. The fourth-order valence-corrected chi connectivity index (χ4v) is 3.70. The first-order valence-electron chi connectivity index (χ1n) is 7.33. The van der Waals surface area contributed by atoms with Gasteiger partial charge in [0.1, 0.15) is 0 Å². The van der Waals surface area contributed by atoms with E-state index in [2.05, 4.69) is 59.6 Å². The molecule has 0 aliphatic heterocycles. The molecule has 1 aromatic heterocycles. The number of aromatic nitrogens is 1. The zero-order chi connectivity index (χ0) is 14.7. The van der Waals surface area contributed by atoms with Crippen molar-refractivity contribution in [2.24, 2.45) is 0 Å². The summed E-state index contributed by atoms with van der Waals surface area (Å²) in [5, 5.41) is 8.37. The van der Waals surface area contributed by atoms with Crippen LogP contribution in [0.25, 0.3) is 43.4 Å². The van der Waals surface area contributed by atoms with E-state index in [4.69, 9.17) is 11.6 Å². The van der Waals surface area contributed by atoms with Crippen molar-refractivity contribution in [1.82, 2.24) is 4.98 Å². The van der Waals surface area contributed by atoms with Crippen LogP contribution in [0.15, 0.2) is 66.7 Å². The predicted octanol–water partition coefficient (Wildman–Crippen LogP) is 6.28. The van der Waals surface area contributed by atoms with Gasteiger partial charge in [-0.3, -0.25) is 0 Å². The van der Waals surface area contributed by atoms with Gasteiger partial charge in [-0.15, -0.1) is 0 Å². The average Bonchev–Trinajstić information content (AvgIpc) is 2.94. The number of H-pyrrole nitrogens is 1. The van der Waals surface area contributed by atoms with Crippen molar-refractivity contribution in [1.29, 1.82) is 0 Å². The smallest absolute Gasteiger partial charge is 0.0551 e. The maximum atomic E-state index is 6.16. The average molecular weight is 302 g/mol. The van der Waals surface area contributed by atoms with Gasteiger partial charge in [-0.05, 0) is 28.3 Å². The summed E-state index contributed by atoms with van der Waals surface area (Å²) in [6.45, 7) is 0. The lowest BCUT2D eigenvalue weighted by Crippen LogP contribution is -1.80. The second-order valence-corrected chi connectivity index (χ2v) is 6.09. The van der Waals surface area contributed by atoms with Crippen LogP contribution in [0.2, 0.25) is 5.02 Å². The number of hydrogen-bond acceptors (Lipinski definition) is 0. The highest BCUT2D eigenvalue weighted by atomic mass is 35.5. The molecule has 0 atom stereocenters. The Labute approximate surface area is 132 Å². The molecule has 0 bridgehead atoms. The Kier molecular flexibility index (Phi) is 2.33. The number of fused-ring (bicyclic) bond motifs is 8. The van der Waals surface area contributed by atoms with Gasteiger partial charge in [-0.25, -0.2) is 0 Å². The summed E-state index contributed by atoms with van der Waals surface area (Å²) in [6.07, 6.45) is 0. The summed E-state index contributed by atoms with van der Waals surface area (Å²) in [5.41, 5.74) is 2.27. The minimum atomic E-state index is 0.757. The Bertz CT molecular complexity index is 1180. The largest absolute Gasteiger partial charge is 0.354 e. The van der Waals surface area contributed by atoms with Crippen molar-refractivity contribution in [2.45, 2.75) is 0 Å². The van der Waals surface area contributed by atoms with Gasteiger partial charge < -0.3 is 4.98 Å². The van der Waals surface area contributed by atoms with Gasteiger partial charge in [0, 0.05) is 26.7 Å². The van der Waals surface area contributed by atoms with Crippen LogP contribution in [-0.2, 0) is 0 Å². The van der Waals surface area contributed by atoms with E-state index in [-0.39, 0.29) is 0 Å². The summed E-state index contributed by atoms with van der Waals surface area (Å²) in [5.74, 6) is 0. The van der Waals surface area contributed by atoms with Gasteiger partial charge in [-0.2, -0.15) is 0 Å². The van der Waals surface area contributed by atoms with Crippen LogP contribution < -0.4 is 0 Å². The molecule has 0 radical (unpaired) electrons. The van der Waals surface area contributed by atoms with E-state index in [0.717, 1.165) is 10.5 Å². The van der Waals surface area contributed by atoms with Crippen LogP contribution in [0.4, 0.5) is 0 Å². The highest BCUT2D eigenvalue weighted by molar-refractivity contribution is 6.34. The first kappa shape index (κ1) is 12.1. The van der Waals surface area contributed by atoms with E-state index in [1.54, 1.807) is 0 Å². The van der Waals surface area contributed by atoms with Crippen molar-refractivity contribution in [2.75, 3.05) is 0 Å². The van der Waals surface area contributed by atoms with Gasteiger partial charge in [0.25, 0.3) is 0 Å². The van der Waals surface area contributed by atoms with E-state index in [1.165, 1.54) is 37.8 Å². The molecule has 0 saturated heterocycles. The van der Waals surface area contributed by atoms with Gasteiger partial charge >= 0.3 is 0 Å². The van der Waals surface area contributed by atoms with E-state index in [1.807, 2.05) is 12.1 Å². The first-order valence-corrected chi connectivity index (χ1v) is 7.71. The number of hydrogen-bond donors (Lipinski definition) is 1. The zero-order valence-electron chi connectivity index (χ0n) is 11.7. The molecule has 0 spiro atoms. The van der Waals surface area contributed by atoms with Gasteiger partial charge in [-0.1, -0.05) is 66.2 Å². The Hall–Kier alpha value is -2.51. The lowest BCUT2D eigenvalue weighted by atomic mass is 9.97. The minimum Gasteiger partial charge on any atom is -0.354 e. The molecule has 5 aromatic rings. The van der Waals surface area contributed by atoms with E-state index < -0.39 is 0 Å². The van der Waals surface area contributed by atoms with Crippen molar-refractivity contribution < 1.29 is 0 Å². The van der Waals surface area contributed by atoms with Crippen molar-refractivity contribution >= 4 is 55.0 Å². The Morgan fingerprint density at radius 2 is 1.27 bits per heavy atom. The number of nitrogens with one attached hydrogen (secondary N) is 1. The molecular weight excluding hydrogens is 290 g/mol. The number of benzene rings is 4. The fraction of sp³-hybridized carbons (Fsp3) is 0. The molecule has 22 heavy (non-hydrogen) atoms. The highest BCUT2D eigenvalue weighted by Crippen LogP contribution is 2.39. The molecule has 1 N–H and O–H groups in total. The molecule has 0 saturated carbocycles. The van der Waals surface area contributed by atoms with E-state index >= 15 is 0 Å². The van der Waals surface area contributed by atoms with Crippen LogP contribution in [0.5, 0.6) is 0 Å². The third-order valence-electron chi connectivity index (χ3n) is 4.44. The third-order valence-corrected chi connectivity index (χ3v) is 4.68. The number of halogens is 1. The Morgan fingerprint density at radius 3 is 2.05 bits per heavy atom. The van der Waals surface area contributed by atoms with Crippen LogP contribution in [-0.4, -0.2) is 4.98 Å². The minimum absolute atomic E-state index is 0.757. The molecule has 0 aliphatic carbocycles. The van der Waals surface area contributed by atoms with E-state index in [0.29, 0.717) is 0 Å². The van der Waals surface area contributed by atoms with E-state index in [9.17, 15) is 0 Å². The predicted molar refractivity (Wildman–Crippen MR) is 95.8 cm³/mol. The van der Waals surface area contributed by atoms with Gasteiger partial charge in [0.15, 0.2) is 0 Å². The monoisotopic (exact) mass is 301 g/mol. The van der Waals surface area contributed by atoms with Crippen LogP contribution in [0, 0.1) is 0 Å². The maximum absolute atomic E-state index is 6.16. The topological polar surface area (TPSA) is 15.8 Å². The summed E-state index contributed by atoms with van der Waals surface area (Å²) in [4.78, 5) is 3.57. The van der Waals surface area contributed by atoms with Gasteiger partial charge in [0.05, 0.1) is 5.52 Å². The summed E-state index contributed by atoms with van der Waals surface area (Å²) in [6, 6.07) is 23.2. The standard InChI is InChI=1S/C20H12ClN/c21-12-9-10-17-18(11-12)22-20-16-8-4-2-6-14(16)13-5-1-3-7-15(13)19(17)20/h1-11,22H. The normalized spacial score (nSPS) is 11.9. The molecule has 1 heterocycles. The Morgan fingerprint density at radius 1 is 0.636 bits per heavy atom. The molecule has 0 aliphatic rings. The number of aromatic amines is 1. The third kappa shape index (κ3) is 1.49. The lowest BCUT2D eigenvalue weighted by Gasteiger charge is -2.06. The zero-order valence-corrected chi connectivity index (χ0v) is 12.5. The molecular formula is C20H12ClN. The lowest BCUT2D eigenvalue weighted by molar-refractivity contribution is 1.56. The maximum Gasteiger partial charge on any atom is 0.0551 e. The van der Waals surface area contributed by atoms with Crippen LogP contribution >= 0.6 is 11.6 Å². The SMILES string of the molecule is Clc1ccc2c(c1)[nH]c1c3ccccc3c3ccccc3c21. The van der Waals surface area contributed by atoms with Crippen molar-refractivity contribution in [3.63, 3.8) is 0 Å². The second kappa shape index (κ2) is 4.25. The first-order chi connectivity index (χ1) is 10.8. The van der Waals surface area contributed by atoms with Gasteiger partial charge in [0.2, 0.25) is 0 Å². The molecule has 0 fully saturated rings. The molecule has 0 amide bonds. The quantitative estimate of drug-likeness (QED) is 0.324. The second-order valence-electron chi connectivity index (χ2n) is 5.66. The number of rotatable bonds is 0. The van der Waals surface area contributed by atoms with Crippen LogP contribution in [0.3, 0.4) is 0 Å². The Balaban J connectivity index is 2.21. The molecule has 0 unspecified atom stereocenters. The molecule has 1 nitrogen and oxygen atoms in total. The fourth-order valence-electron chi connectivity index (χ4n) is 3.52. The van der Waals surface area contributed by atoms with Crippen LogP contribution in [0.1, 0.15) is 0 Å². The summed E-state index contributed by atoms with van der Waals surface area (Å²) < 4.78 is 0. The van der Waals surface area contributed by atoms with Crippen molar-refractivity contribution in [3.8, 4) is 0 Å².